The molecule has 0 unspecified atom stereocenters. The van der Waals surface area contributed by atoms with E-state index < -0.39 is 0 Å². The monoisotopic (exact) mass is 413 g/mol. The lowest BCUT2D eigenvalue weighted by atomic mass is 10.1. The molecule has 2 aromatic rings. The fourth-order valence-electron chi connectivity index (χ4n) is 4.55. The zero-order valence-electron chi connectivity index (χ0n) is 17.5. The second-order valence-electron chi connectivity index (χ2n) is 8.29. The van der Waals surface area contributed by atoms with Crippen LogP contribution < -0.4 is 0 Å². The van der Waals surface area contributed by atoms with Crippen LogP contribution >= 0.6 is 12.2 Å². The molecule has 0 spiro atoms. The van der Waals surface area contributed by atoms with Crippen LogP contribution in [0.15, 0.2) is 24.3 Å². The van der Waals surface area contributed by atoms with Crippen LogP contribution in [0.5, 0.6) is 0 Å². The highest BCUT2D eigenvalue weighted by Crippen LogP contribution is 2.27. The molecule has 1 aromatic heterocycles. The van der Waals surface area contributed by atoms with E-state index in [4.69, 9.17) is 17.3 Å². The quantitative estimate of drug-likeness (QED) is 0.701. The lowest BCUT2D eigenvalue weighted by Crippen LogP contribution is -2.50. The predicted molar refractivity (Wildman–Crippen MR) is 117 cm³/mol. The molecule has 0 atom stereocenters. The van der Waals surface area contributed by atoms with Gasteiger partial charge >= 0.3 is 0 Å². The molecule has 2 heterocycles. The number of nitrogens with zero attached hydrogens (tertiary/aromatic N) is 5. The smallest absolute Gasteiger partial charge is 0.225 e. The number of aromatic nitrogens is 3. The lowest BCUT2D eigenvalue weighted by Gasteiger charge is -2.35. The predicted octanol–water partition coefficient (Wildman–Crippen LogP) is 3.70. The van der Waals surface area contributed by atoms with Gasteiger partial charge in [-0.15, -0.1) is 0 Å². The maximum atomic E-state index is 12.7. The van der Waals surface area contributed by atoms with Gasteiger partial charge in [0.05, 0.1) is 6.67 Å². The number of amides is 1. The molecule has 156 valence electrons. The van der Waals surface area contributed by atoms with E-state index in [1.807, 2.05) is 4.68 Å². The lowest BCUT2D eigenvalue weighted by molar-refractivity contribution is -0.137. The normalized spacial score (nSPS) is 18.5. The van der Waals surface area contributed by atoms with Crippen molar-refractivity contribution in [2.75, 3.05) is 26.2 Å². The first kappa shape index (κ1) is 20.3. The second-order valence-corrected chi connectivity index (χ2v) is 8.65. The summed E-state index contributed by atoms with van der Waals surface area (Å²) >= 11 is 5.72. The minimum atomic E-state index is 0.271. The van der Waals surface area contributed by atoms with E-state index in [-0.39, 0.29) is 5.92 Å². The van der Waals surface area contributed by atoms with Gasteiger partial charge in [0.1, 0.15) is 0 Å². The third kappa shape index (κ3) is 4.31. The second kappa shape index (κ2) is 8.79. The molecule has 0 bridgehead atoms. The van der Waals surface area contributed by atoms with E-state index in [9.17, 15) is 4.79 Å². The first-order valence-electron chi connectivity index (χ1n) is 10.8. The Hall–Kier alpha value is -1.99. The van der Waals surface area contributed by atoms with Crippen LogP contribution in [0.4, 0.5) is 0 Å². The molecule has 1 saturated heterocycles. The van der Waals surface area contributed by atoms with Crippen molar-refractivity contribution in [3.63, 3.8) is 0 Å². The average Bonchev–Trinajstić information content (AvgIpc) is 3.37. The third-order valence-electron chi connectivity index (χ3n) is 6.24. The summed E-state index contributed by atoms with van der Waals surface area (Å²) in [6, 6.07) is 8.40. The maximum absolute atomic E-state index is 12.7. The van der Waals surface area contributed by atoms with Gasteiger partial charge < -0.3 is 9.47 Å². The molecule has 7 heteroatoms. The van der Waals surface area contributed by atoms with E-state index in [1.165, 1.54) is 18.4 Å². The van der Waals surface area contributed by atoms with Crippen molar-refractivity contribution >= 4 is 18.1 Å². The molecule has 0 N–H and O–H groups in total. The van der Waals surface area contributed by atoms with Crippen LogP contribution in [0, 0.1) is 17.6 Å². The van der Waals surface area contributed by atoms with Crippen molar-refractivity contribution in [3.05, 3.63) is 34.6 Å². The molecule has 0 radical (unpaired) electrons. The number of piperazine rings is 1. The summed E-state index contributed by atoms with van der Waals surface area (Å²) in [7, 11) is 0. The Morgan fingerprint density at radius 3 is 2.55 bits per heavy atom. The minimum Gasteiger partial charge on any atom is -0.340 e. The molecular formula is C22H31N5OS. The summed E-state index contributed by atoms with van der Waals surface area (Å²) in [5.74, 6) is 1.57. The Kier molecular flexibility index (Phi) is 6.15. The Labute approximate surface area is 178 Å². The van der Waals surface area contributed by atoms with Crippen molar-refractivity contribution < 1.29 is 4.79 Å². The summed E-state index contributed by atoms with van der Waals surface area (Å²) in [6.45, 7) is 9.04. The summed E-state index contributed by atoms with van der Waals surface area (Å²) in [5.41, 5.74) is 2.32. The van der Waals surface area contributed by atoms with Gasteiger partial charge in [0, 0.05) is 44.2 Å². The highest BCUT2D eigenvalue weighted by molar-refractivity contribution is 7.71. The van der Waals surface area contributed by atoms with E-state index in [0.29, 0.717) is 12.6 Å². The van der Waals surface area contributed by atoms with Crippen LogP contribution in [0.1, 0.15) is 38.2 Å². The molecule has 1 saturated carbocycles. The number of aryl methyl sites for hydroxylation is 1. The number of carbonyl (C=O) groups is 1. The first-order chi connectivity index (χ1) is 14.1. The topological polar surface area (TPSA) is 46.3 Å². The van der Waals surface area contributed by atoms with Gasteiger partial charge in [0.25, 0.3) is 0 Å². The number of hydrogen-bond acceptors (Lipinski definition) is 4. The van der Waals surface area contributed by atoms with Gasteiger partial charge in [-0.1, -0.05) is 36.6 Å². The Morgan fingerprint density at radius 2 is 1.90 bits per heavy atom. The van der Waals surface area contributed by atoms with Gasteiger partial charge in [-0.25, -0.2) is 4.68 Å². The Morgan fingerprint density at radius 1 is 1.17 bits per heavy atom. The van der Waals surface area contributed by atoms with E-state index >= 15 is 0 Å². The van der Waals surface area contributed by atoms with Crippen molar-refractivity contribution in [2.45, 2.75) is 52.7 Å². The highest BCUT2D eigenvalue weighted by atomic mass is 32.1. The summed E-state index contributed by atoms with van der Waals surface area (Å²) in [5, 5.41) is 4.86. The molecule has 2 aliphatic rings. The SMILES string of the molecule is CCn1c(-c2cccc(C)c2)nn(CN2CCN(C(=O)C3CCCC3)CC2)c1=S. The van der Waals surface area contributed by atoms with Gasteiger partial charge in [-0.05, 0) is 45.0 Å². The molecule has 1 aliphatic carbocycles. The van der Waals surface area contributed by atoms with Crippen molar-refractivity contribution in [1.82, 2.24) is 24.1 Å². The van der Waals surface area contributed by atoms with E-state index in [0.717, 1.165) is 61.7 Å². The number of carbonyl (C=O) groups excluding carboxylic acids is 1. The summed E-state index contributed by atoms with van der Waals surface area (Å²) in [6.07, 6.45) is 4.56. The molecular weight excluding hydrogens is 382 g/mol. The van der Waals surface area contributed by atoms with Gasteiger partial charge in [0.2, 0.25) is 5.91 Å². The maximum Gasteiger partial charge on any atom is 0.225 e. The molecule has 1 amide bonds. The van der Waals surface area contributed by atoms with Crippen LogP contribution in [-0.2, 0) is 18.0 Å². The third-order valence-corrected chi connectivity index (χ3v) is 6.67. The van der Waals surface area contributed by atoms with Crippen molar-refractivity contribution in [1.29, 1.82) is 0 Å². The summed E-state index contributed by atoms with van der Waals surface area (Å²) < 4.78 is 4.79. The Bertz CT molecular complexity index is 920. The standard InChI is InChI=1S/C22H31N5OS/c1-3-26-20(19-10-6-7-17(2)15-19)23-27(22(26)29)16-24-11-13-25(14-12-24)21(28)18-8-4-5-9-18/h6-7,10,15,18H,3-5,8-9,11-14,16H2,1-2H3. The molecule has 1 aromatic carbocycles. The Balaban J connectivity index is 1.44. The van der Waals surface area contributed by atoms with Gasteiger partial charge in [-0.2, -0.15) is 5.10 Å². The van der Waals surface area contributed by atoms with Crippen LogP contribution in [0.2, 0.25) is 0 Å². The molecule has 6 nitrogen and oxygen atoms in total. The zero-order chi connectivity index (χ0) is 20.4. The highest BCUT2D eigenvalue weighted by Gasteiger charge is 2.29. The number of hydrogen-bond donors (Lipinski definition) is 0. The van der Waals surface area contributed by atoms with Crippen LogP contribution in [0.3, 0.4) is 0 Å². The fourth-order valence-corrected chi connectivity index (χ4v) is 4.86. The van der Waals surface area contributed by atoms with Crippen molar-refractivity contribution in [3.8, 4) is 11.4 Å². The molecule has 29 heavy (non-hydrogen) atoms. The zero-order valence-corrected chi connectivity index (χ0v) is 18.3. The van der Waals surface area contributed by atoms with Crippen LogP contribution in [-0.4, -0.2) is 56.2 Å². The van der Waals surface area contributed by atoms with Crippen LogP contribution in [0.25, 0.3) is 11.4 Å². The number of rotatable bonds is 5. The van der Waals surface area contributed by atoms with Crippen molar-refractivity contribution in [2.24, 2.45) is 5.92 Å². The molecule has 2 fully saturated rings. The van der Waals surface area contributed by atoms with Gasteiger partial charge in [0.15, 0.2) is 10.6 Å². The van der Waals surface area contributed by atoms with E-state index in [2.05, 4.69) is 52.5 Å². The average molecular weight is 414 g/mol. The van der Waals surface area contributed by atoms with Gasteiger partial charge in [-0.3, -0.25) is 9.69 Å². The summed E-state index contributed by atoms with van der Waals surface area (Å²) in [4.78, 5) is 17.1. The minimum absolute atomic E-state index is 0.271. The first-order valence-corrected chi connectivity index (χ1v) is 11.2. The van der Waals surface area contributed by atoms with E-state index in [1.54, 1.807) is 0 Å². The fraction of sp³-hybridized carbons (Fsp3) is 0.591. The molecule has 1 aliphatic heterocycles. The largest absolute Gasteiger partial charge is 0.340 e. The number of benzene rings is 1. The molecule has 4 rings (SSSR count).